The second-order valence-electron chi connectivity index (χ2n) is 4.51. The summed E-state index contributed by atoms with van der Waals surface area (Å²) >= 11 is 6.18. The Kier molecular flexibility index (Phi) is 5.53. The summed E-state index contributed by atoms with van der Waals surface area (Å²) in [5.41, 5.74) is 1.24. The van der Waals surface area contributed by atoms with Crippen LogP contribution in [0.3, 0.4) is 0 Å². The average Bonchev–Trinajstić information content (AvgIpc) is 2.47. The van der Waals surface area contributed by atoms with Gasteiger partial charge in [0, 0.05) is 16.8 Å². The van der Waals surface area contributed by atoms with E-state index in [0.717, 1.165) is 5.56 Å². The maximum atomic E-state index is 14.2. The van der Waals surface area contributed by atoms with E-state index < -0.39 is 0 Å². The molecule has 3 nitrogen and oxygen atoms in total. The molecule has 0 amide bonds. The van der Waals surface area contributed by atoms with Crippen LogP contribution in [0.25, 0.3) is 0 Å². The van der Waals surface area contributed by atoms with Gasteiger partial charge in [-0.3, -0.25) is 4.98 Å². The molecule has 0 saturated heterocycles. The third-order valence-electron chi connectivity index (χ3n) is 3.08. The van der Waals surface area contributed by atoms with Crippen LogP contribution < -0.4 is 10.1 Å². The van der Waals surface area contributed by atoms with Crippen LogP contribution in [0.4, 0.5) is 4.39 Å². The van der Waals surface area contributed by atoms with Crippen LogP contribution in [0, 0.1) is 5.82 Å². The number of hydrogen-bond donors (Lipinski definition) is 1. The van der Waals surface area contributed by atoms with Crippen molar-refractivity contribution < 1.29 is 9.13 Å². The monoisotopic (exact) mass is 308 g/mol. The highest BCUT2D eigenvalue weighted by atomic mass is 35.5. The fraction of sp³-hybridized carbons (Fsp3) is 0.312. The van der Waals surface area contributed by atoms with Gasteiger partial charge in [-0.15, -0.1) is 0 Å². The number of halogens is 2. The second kappa shape index (κ2) is 7.38. The Bertz CT molecular complexity index is 586. The first kappa shape index (κ1) is 15.7. The lowest BCUT2D eigenvalue weighted by molar-refractivity contribution is 0.338. The van der Waals surface area contributed by atoms with Crippen molar-refractivity contribution in [2.24, 2.45) is 0 Å². The lowest BCUT2D eigenvalue weighted by Gasteiger charge is -2.21. The van der Waals surface area contributed by atoms with Gasteiger partial charge in [0.25, 0.3) is 0 Å². The summed E-state index contributed by atoms with van der Waals surface area (Å²) in [5.74, 6) is 0.320. The van der Waals surface area contributed by atoms with E-state index in [-0.39, 0.29) is 11.9 Å². The standard InChI is InChI=1S/C16H18ClFN2O/c1-3-20-16(15-13(17)6-5-7-14(15)18)11-8-12(21-4-2)10-19-9-11/h5-10,16,20H,3-4H2,1-2H3. The molecule has 0 aliphatic carbocycles. The van der Waals surface area contributed by atoms with Crippen molar-refractivity contribution in [1.82, 2.24) is 10.3 Å². The van der Waals surface area contributed by atoms with Gasteiger partial charge in [-0.2, -0.15) is 0 Å². The maximum absolute atomic E-state index is 14.2. The predicted octanol–water partition coefficient (Wildman–Crippen LogP) is 3.97. The minimum absolute atomic E-state index is 0.338. The summed E-state index contributed by atoms with van der Waals surface area (Å²) in [6, 6.07) is 6.18. The van der Waals surface area contributed by atoms with E-state index in [4.69, 9.17) is 16.3 Å². The number of pyridine rings is 1. The highest BCUT2D eigenvalue weighted by Gasteiger charge is 2.20. The molecule has 1 aromatic carbocycles. The predicted molar refractivity (Wildman–Crippen MR) is 82.3 cm³/mol. The number of nitrogens with zero attached hydrogens (tertiary/aromatic N) is 1. The lowest BCUT2D eigenvalue weighted by atomic mass is 9.99. The summed E-state index contributed by atoms with van der Waals surface area (Å²) in [7, 11) is 0. The summed E-state index contributed by atoms with van der Waals surface area (Å²) in [4.78, 5) is 4.16. The molecule has 112 valence electrons. The fourth-order valence-electron chi connectivity index (χ4n) is 2.22. The Labute approximate surface area is 129 Å². The van der Waals surface area contributed by atoms with Crippen LogP contribution in [0.1, 0.15) is 31.0 Å². The maximum Gasteiger partial charge on any atom is 0.137 e. The van der Waals surface area contributed by atoms with Gasteiger partial charge in [0.2, 0.25) is 0 Å². The normalized spacial score (nSPS) is 12.2. The minimum atomic E-state index is -0.364. The van der Waals surface area contributed by atoms with Crippen LogP contribution in [-0.2, 0) is 0 Å². The van der Waals surface area contributed by atoms with Gasteiger partial charge in [-0.25, -0.2) is 4.39 Å². The van der Waals surface area contributed by atoms with Crippen molar-refractivity contribution in [2.75, 3.05) is 13.2 Å². The van der Waals surface area contributed by atoms with E-state index in [2.05, 4.69) is 10.3 Å². The fourth-order valence-corrected chi connectivity index (χ4v) is 2.49. The topological polar surface area (TPSA) is 34.2 Å². The molecule has 5 heteroatoms. The van der Waals surface area contributed by atoms with E-state index in [1.807, 2.05) is 19.9 Å². The Morgan fingerprint density at radius 1 is 1.33 bits per heavy atom. The molecule has 0 saturated carbocycles. The van der Waals surface area contributed by atoms with Crippen molar-refractivity contribution in [2.45, 2.75) is 19.9 Å². The van der Waals surface area contributed by atoms with Crippen molar-refractivity contribution in [3.8, 4) is 5.75 Å². The molecule has 1 unspecified atom stereocenters. The average molecular weight is 309 g/mol. The zero-order valence-electron chi connectivity index (χ0n) is 12.1. The van der Waals surface area contributed by atoms with E-state index in [0.29, 0.717) is 29.5 Å². The van der Waals surface area contributed by atoms with E-state index in [1.165, 1.54) is 6.07 Å². The molecule has 0 radical (unpaired) electrons. The molecule has 0 aliphatic heterocycles. The van der Waals surface area contributed by atoms with Gasteiger partial charge in [-0.1, -0.05) is 24.6 Å². The van der Waals surface area contributed by atoms with Crippen LogP contribution in [-0.4, -0.2) is 18.1 Å². The van der Waals surface area contributed by atoms with Gasteiger partial charge < -0.3 is 10.1 Å². The summed E-state index contributed by atoms with van der Waals surface area (Å²) in [5, 5.41) is 3.64. The number of aromatic nitrogens is 1. The van der Waals surface area contributed by atoms with Gasteiger partial charge in [0.1, 0.15) is 11.6 Å². The Morgan fingerprint density at radius 2 is 2.14 bits per heavy atom. The molecule has 21 heavy (non-hydrogen) atoms. The van der Waals surface area contributed by atoms with E-state index >= 15 is 0 Å². The van der Waals surface area contributed by atoms with Gasteiger partial charge in [0.05, 0.1) is 18.8 Å². The molecule has 2 aromatic rings. The van der Waals surface area contributed by atoms with Crippen LogP contribution in [0.2, 0.25) is 5.02 Å². The number of hydrogen-bond acceptors (Lipinski definition) is 3. The molecule has 0 aliphatic rings. The van der Waals surface area contributed by atoms with Gasteiger partial charge >= 0.3 is 0 Å². The zero-order valence-corrected chi connectivity index (χ0v) is 12.8. The molecular formula is C16H18ClFN2O. The Morgan fingerprint density at radius 3 is 2.81 bits per heavy atom. The Hall–Kier alpha value is -1.65. The molecule has 0 fully saturated rings. The third kappa shape index (κ3) is 3.71. The van der Waals surface area contributed by atoms with Gasteiger partial charge in [-0.05, 0) is 37.2 Å². The molecule has 1 N–H and O–H groups in total. The summed E-state index contributed by atoms with van der Waals surface area (Å²) in [6.45, 7) is 5.09. The van der Waals surface area contributed by atoms with Crippen LogP contribution in [0.5, 0.6) is 5.75 Å². The molecule has 1 atom stereocenters. The molecule has 1 heterocycles. The van der Waals surface area contributed by atoms with Crippen LogP contribution in [0.15, 0.2) is 36.7 Å². The second-order valence-corrected chi connectivity index (χ2v) is 4.92. The molecular weight excluding hydrogens is 291 g/mol. The first-order valence-corrected chi connectivity index (χ1v) is 7.30. The number of nitrogens with one attached hydrogen (secondary N) is 1. The number of ether oxygens (including phenoxy) is 1. The third-order valence-corrected chi connectivity index (χ3v) is 3.40. The Balaban J connectivity index is 2.46. The van der Waals surface area contributed by atoms with Crippen molar-refractivity contribution in [3.05, 3.63) is 58.6 Å². The lowest BCUT2D eigenvalue weighted by Crippen LogP contribution is -2.23. The smallest absolute Gasteiger partial charge is 0.137 e. The molecule has 0 bridgehead atoms. The highest BCUT2D eigenvalue weighted by molar-refractivity contribution is 6.31. The number of rotatable bonds is 6. The zero-order chi connectivity index (χ0) is 15.2. The first-order valence-electron chi connectivity index (χ1n) is 6.92. The summed E-state index contributed by atoms with van der Waals surface area (Å²) in [6.07, 6.45) is 3.33. The molecule has 1 aromatic heterocycles. The summed E-state index contributed by atoms with van der Waals surface area (Å²) < 4.78 is 19.6. The quantitative estimate of drug-likeness (QED) is 0.876. The number of benzene rings is 1. The first-order chi connectivity index (χ1) is 10.2. The molecule has 0 spiro atoms. The van der Waals surface area contributed by atoms with Crippen molar-refractivity contribution in [3.63, 3.8) is 0 Å². The largest absolute Gasteiger partial charge is 0.492 e. The highest BCUT2D eigenvalue weighted by Crippen LogP contribution is 2.31. The van der Waals surface area contributed by atoms with Crippen molar-refractivity contribution in [1.29, 1.82) is 0 Å². The van der Waals surface area contributed by atoms with Gasteiger partial charge in [0.15, 0.2) is 0 Å². The van der Waals surface area contributed by atoms with E-state index in [1.54, 1.807) is 24.5 Å². The van der Waals surface area contributed by atoms with Crippen molar-refractivity contribution >= 4 is 11.6 Å². The minimum Gasteiger partial charge on any atom is -0.492 e. The van der Waals surface area contributed by atoms with Crippen LogP contribution >= 0.6 is 11.6 Å². The SMILES string of the molecule is CCNC(c1cncc(OCC)c1)c1c(F)cccc1Cl. The van der Waals surface area contributed by atoms with E-state index in [9.17, 15) is 4.39 Å². The molecule has 2 rings (SSSR count).